The van der Waals surface area contributed by atoms with Crippen molar-refractivity contribution in [1.29, 1.82) is 0 Å². The molecule has 0 saturated carbocycles. The van der Waals surface area contributed by atoms with Crippen molar-refractivity contribution in [3.05, 3.63) is 59.9 Å². The number of amides is 1. The average molecular weight is 422 g/mol. The third kappa shape index (κ3) is 5.69. The SMILES string of the molecule is CCN(CC)c1ccc(CNC(=O)[C@H](C)N(c2ccccc2F)S(C)(=O)=O)cc1. The van der Waals surface area contributed by atoms with Crippen LogP contribution in [0.1, 0.15) is 26.3 Å². The number of hydrogen-bond donors (Lipinski definition) is 1. The van der Waals surface area contributed by atoms with Crippen LogP contribution < -0.4 is 14.5 Å². The van der Waals surface area contributed by atoms with Crippen molar-refractivity contribution in [3.8, 4) is 0 Å². The summed E-state index contributed by atoms with van der Waals surface area (Å²) in [5, 5.41) is 2.74. The van der Waals surface area contributed by atoms with Crippen LogP contribution in [0.4, 0.5) is 15.8 Å². The van der Waals surface area contributed by atoms with E-state index in [1.165, 1.54) is 25.1 Å². The van der Waals surface area contributed by atoms with Gasteiger partial charge in [-0.25, -0.2) is 12.8 Å². The molecule has 158 valence electrons. The number of para-hydroxylation sites is 1. The van der Waals surface area contributed by atoms with Crippen LogP contribution in [0.5, 0.6) is 0 Å². The number of rotatable bonds is 9. The second-order valence-corrected chi connectivity index (χ2v) is 8.60. The average Bonchev–Trinajstić information content (AvgIpc) is 2.68. The van der Waals surface area contributed by atoms with Gasteiger partial charge in [-0.2, -0.15) is 0 Å². The molecule has 0 saturated heterocycles. The number of benzene rings is 2. The van der Waals surface area contributed by atoms with Crippen LogP contribution in [0.2, 0.25) is 0 Å². The Hall–Kier alpha value is -2.61. The van der Waals surface area contributed by atoms with Gasteiger partial charge in [-0.05, 0) is 50.6 Å². The highest BCUT2D eigenvalue weighted by Crippen LogP contribution is 2.24. The summed E-state index contributed by atoms with van der Waals surface area (Å²) in [6.07, 6.45) is 0.954. The first-order valence-corrected chi connectivity index (χ1v) is 11.4. The van der Waals surface area contributed by atoms with E-state index in [4.69, 9.17) is 0 Å². The van der Waals surface area contributed by atoms with E-state index in [9.17, 15) is 17.6 Å². The molecule has 0 fully saturated rings. The zero-order valence-electron chi connectivity index (χ0n) is 17.2. The van der Waals surface area contributed by atoms with E-state index in [2.05, 4.69) is 24.1 Å². The first-order valence-electron chi connectivity index (χ1n) is 9.54. The van der Waals surface area contributed by atoms with Crippen LogP contribution >= 0.6 is 0 Å². The fourth-order valence-corrected chi connectivity index (χ4v) is 4.34. The minimum atomic E-state index is -3.86. The minimum absolute atomic E-state index is 0.152. The Morgan fingerprint density at radius 1 is 1.07 bits per heavy atom. The van der Waals surface area contributed by atoms with Gasteiger partial charge in [-0.15, -0.1) is 0 Å². The zero-order chi connectivity index (χ0) is 21.6. The fourth-order valence-electron chi connectivity index (χ4n) is 3.16. The van der Waals surface area contributed by atoms with E-state index in [0.717, 1.165) is 41.0 Å². The standard InChI is InChI=1S/C21H28FN3O3S/c1-5-24(6-2)18-13-11-17(12-14-18)15-23-21(26)16(3)25(29(4,27)28)20-10-8-7-9-19(20)22/h7-14,16H,5-6,15H2,1-4H3,(H,23,26)/t16-/m0/s1. The lowest BCUT2D eigenvalue weighted by Gasteiger charge is -2.28. The van der Waals surface area contributed by atoms with E-state index in [1.54, 1.807) is 0 Å². The molecule has 0 aliphatic heterocycles. The Labute approximate surface area is 172 Å². The molecule has 0 spiro atoms. The van der Waals surface area contributed by atoms with Crippen molar-refractivity contribution in [2.45, 2.75) is 33.4 Å². The Kier molecular flexibility index (Phi) is 7.61. The lowest BCUT2D eigenvalue weighted by molar-refractivity contribution is -0.122. The van der Waals surface area contributed by atoms with E-state index >= 15 is 0 Å². The molecule has 29 heavy (non-hydrogen) atoms. The monoisotopic (exact) mass is 421 g/mol. The molecule has 1 N–H and O–H groups in total. The molecular formula is C21H28FN3O3S. The third-order valence-corrected chi connectivity index (χ3v) is 5.94. The van der Waals surface area contributed by atoms with Crippen molar-refractivity contribution in [2.75, 3.05) is 28.6 Å². The van der Waals surface area contributed by atoms with E-state index in [0.29, 0.717) is 0 Å². The Bertz CT molecular complexity index is 928. The quantitative estimate of drug-likeness (QED) is 0.675. The summed E-state index contributed by atoms with van der Waals surface area (Å²) in [4.78, 5) is 14.8. The second-order valence-electron chi connectivity index (χ2n) is 6.74. The van der Waals surface area contributed by atoms with Crippen LogP contribution in [0.3, 0.4) is 0 Å². The second kappa shape index (κ2) is 9.73. The number of nitrogens with one attached hydrogen (secondary N) is 1. The molecule has 0 aliphatic carbocycles. The lowest BCUT2D eigenvalue weighted by Crippen LogP contribution is -2.48. The third-order valence-electron chi connectivity index (χ3n) is 4.71. The van der Waals surface area contributed by atoms with E-state index in [1.807, 2.05) is 24.3 Å². The molecule has 0 bridgehead atoms. The van der Waals surface area contributed by atoms with Gasteiger partial charge in [-0.3, -0.25) is 9.10 Å². The number of carbonyl (C=O) groups excluding carboxylic acids is 1. The predicted octanol–water partition coefficient (Wildman–Crippen LogP) is 3.14. The van der Waals surface area contributed by atoms with Crippen LogP contribution in [0.15, 0.2) is 48.5 Å². The molecule has 0 aliphatic rings. The van der Waals surface area contributed by atoms with Gasteiger partial charge in [0.1, 0.15) is 11.9 Å². The van der Waals surface area contributed by atoms with Gasteiger partial charge in [0.05, 0.1) is 11.9 Å². The lowest BCUT2D eigenvalue weighted by atomic mass is 10.2. The maximum absolute atomic E-state index is 14.2. The van der Waals surface area contributed by atoms with Crippen LogP contribution in [0, 0.1) is 5.82 Å². The van der Waals surface area contributed by atoms with Crippen LogP contribution in [0.25, 0.3) is 0 Å². The van der Waals surface area contributed by atoms with Gasteiger partial charge >= 0.3 is 0 Å². The molecule has 0 aromatic heterocycles. The highest BCUT2D eigenvalue weighted by molar-refractivity contribution is 7.92. The first kappa shape index (κ1) is 22.7. The van der Waals surface area contributed by atoms with Gasteiger partial charge < -0.3 is 10.2 Å². The molecule has 8 heteroatoms. The van der Waals surface area contributed by atoms with E-state index < -0.39 is 27.8 Å². The normalized spacial score (nSPS) is 12.3. The molecule has 1 amide bonds. The number of carbonyl (C=O) groups is 1. The highest BCUT2D eigenvalue weighted by Gasteiger charge is 2.30. The summed E-state index contributed by atoms with van der Waals surface area (Å²) in [5.74, 6) is -1.21. The van der Waals surface area contributed by atoms with E-state index in [-0.39, 0.29) is 12.2 Å². The van der Waals surface area contributed by atoms with Crippen molar-refractivity contribution in [1.82, 2.24) is 5.32 Å². The summed E-state index contributed by atoms with van der Waals surface area (Å²) in [6.45, 7) is 7.66. The summed E-state index contributed by atoms with van der Waals surface area (Å²) in [6, 6.07) is 12.2. The molecule has 1 atom stereocenters. The summed E-state index contributed by atoms with van der Waals surface area (Å²) in [5.41, 5.74) is 1.83. The maximum Gasteiger partial charge on any atom is 0.243 e. The number of halogens is 1. The molecule has 2 aromatic carbocycles. The van der Waals surface area contributed by atoms with Gasteiger partial charge in [-0.1, -0.05) is 24.3 Å². The van der Waals surface area contributed by atoms with Crippen molar-refractivity contribution in [2.24, 2.45) is 0 Å². The molecule has 2 rings (SSSR count). The van der Waals surface area contributed by atoms with Gasteiger partial charge in [0.25, 0.3) is 0 Å². The molecule has 2 aromatic rings. The summed E-state index contributed by atoms with van der Waals surface area (Å²) >= 11 is 0. The summed E-state index contributed by atoms with van der Waals surface area (Å²) < 4.78 is 39.4. The van der Waals surface area contributed by atoms with Crippen molar-refractivity contribution < 1.29 is 17.6 Å². The molecule has 0 unspecified atom stereocenters. The Morgan fingerprint density at radius 2 is 1.66 bits per heavy atom. The minimum Gasteiger partial charge on any atom is -0.372 e. The first-order chi connectivity index (χ1) is 13.7. The number of hydrogen-bond acceptors (Lipinski definition) is 4. The molecular weight excluding hydrogens is 393 g/mol. The highest BCUT2D eigenvalue weighted by atomic mass is 32.2. The van der Waals surface area contributed by atoms with Crippen molar-refractivity contribution >= 4 is 27.3 Å². The fraction of sp³-hybridized carbons (Fsp3) is 0.381. The smallest absolute Gasteiger partial charge is 0.243 e. The largest absolute Gasteiger partial charge is 0.372 e. The number of anilines is 2. The van der Waals surface area contributed by atoms with Gasteiger partial charge in [0, 0.05) is 25.3 Å². The molecule has 6 nitrogen and oxygen atoms in total. The predicted molar refractivity (Wildman–Crippen MR) is 115 cm³/mol. The zero-order valence-corrected chi connectivity index (χ0v) is 18.0. The maximum atomic E-state index is 14.2. The summed E-state index contributed by atoms with van der Waals surface area (Å²) in [7, 11) is -3.86. The molecule has 0 heterocycles. The van der Waals surface area contributed by atoms with Gasteiger partial charge in [0.15, 0.2) is 0 Å². The topological polar surface area (TPSA) is 69.7 Å². The Balaban J connectivity index is 2.11. The van der Waals surface area contributed by atoms with Crippen LogP contribution in [-0.2, 0) is 21.4 Å². The molecule has 0 radical (unpaired) electrons. The number of nitrogens with zero attached hydrogens (tertiary/aromatic N) is 2. The van der Waals surface area contributed by atoms with Crippen molar-refractivity contribution in [3.63, 3.8) is 0 Å². The van der Waals surface area contributed by atoms with Crippen LogP contribution in [-0.4, -0.2) is 39.7 Å². The van der Waals surface area contributed by atoms with Gasteiger partial charge in [0.2, 0.25) is 15.9 Å². The Morgan fingerprint density at radius 3 is 2.17 bits per heavy atom. The number of sulfonamides is 1.